The number of hydrogen-bond donors (Lipinski definition) is 2. The first kappa shape index (κ1) is 22.9. The molecule has 4 rings (SSSR count). The van der Waals surface area contributed by atoms with Gasteiger partial charge in [0.1, 0.15) is 5.82 Å². The number of benzene rings is 2. The fourth-order valence-electron chi connectivity index (χ4n) is 3.76. The van der Waals surface area contributed by atoms with Crippen molar-refractivity contribution in [2.24, 2.45) is 0 Å². The summed E-state index contributed by atoms with van der Waals surface area (Å²) in [5.74, 6) is 6.48. The molecule has 0 fully saturated rings. The van der Waals surface area contributed by atoms with Gasteiger partial charge in [0.2, 0.25) is 0 Å². The number of pyridine rings is 1. The van der Waals surface area contributed by atoms with Crippen LogP contribution < -0.4 is 11.3 Å². The van der Waals surface area contributed by atoms with Gasteiger partial charge in [-0.2, -0.15) is 4.74 Å². The van der Waals surface area contributed by atoms with Gasteiger partial charge in [0.05, 0.1) is 23.6 Å². The van der Waals surface area contributed by atoms with E-state index in [0.717, 1.165) is 23.9 Å². The molecule has 33 heavy (non-hydrogen) atoms. The Kier molecular flexibility index (Phi) is 6.70. The molecular weight excluding hydrogens is 440 g/mol. The largest absolute Gasteiger partial charge is 0.390 e. The van der Waals surface area contributed by atoms with Crippen molar-refractivity contribution < 1.29 is 9.63 Å². The average molecular weight is 465 g/mol. The van der Waals surface area contributed by atoms with Crippen LogP contribution in [0.3, 0.4) is 0 Å². The number of fused-ring (bicyclic) bond motifs is 2. The fraction of sp³-hybridized carbons (Fsp3) is 0.280. The number of likely N-dealkylation sites (N-methyl/N-ethyl adjacent to an activating group) is 1. The van der Waals surface area contributed by atoms with Crippen LogP contribution in [-0.2, 0) is 6.54 Å². The minimum absolute atomic E-state index is 0.0873. The molecule has 0 saturated heterocycles. The predicted molar refractivity (Wildman–Crippen MR) is 131 cm³/mol. The number of hydrogen-bond acceptors (Lipinski definition) is 6. The minimum Gasteiger partial charge on any atom is -0.390 e. The molecule has 0 amide bonds. The van der Waals surface area contributed by atoms with Crippen LogP contribution in [-0.4, -0.2) is 45.5 Å². The van der Waals surface area contributed by atoms with Crippen molar-refractivity contribution in [1.82, 2.24) is 14.6 Å². The van der Waals surface area contributed by atoms with Crippen molar-refractivity contribution in [3.8, 4) is 11.8 Å². The Morgan fingerprint density at radius 2 is 1.97 bits per heavy atom. The summed E-state index contributed by atoms with van der Waals surface area (Å²) in [5, 5.41) is 13.1. The number of aliphatic hydroxyl groups is 1. The summed E-state index contributed by atoms with van der Waals surface area (Å²) in [4.78, 5) is 19.0. The Balaban J connectivity index is 1.64. The topological polar surface area (TPSA) is 97.5 Å². The van der Waals surface area contributed by atoms with E-state index in [-0.39, 0.29) is 12.1 Å². The van der Waals surface area contributed by atoms with Gasteiger partial charge in [-0.05, 0) is 43.4 Å². The first-order chi connectivity index (χ1) is 15.9. The minimum atomic E-state index is -0.712. The third-order valence-corrected chi connectivity index (χ3v) is 5.84. The number of nitrogens with two attached hydrogens (primary N) is 1. The van der Waals surface area contributed by atoms with Crippen molar-refractivity contribution >= 4 is 39.2 Å². The number of nitrogen functional groups attached to an aromatic ring is 1. The molecule has 7 nitrogen and oxygen atoms in total. The maximum Gasteiger partial charge on any atom is 0.290 e. The summed E-state index contributed by atoms with van der Waals surface area (Å²) >= 11 is 6.15. The quantitative estimate of drug-likeness (QED) is 0.424. The molecule has 2 aromatic heterocycles. The zero-order valence-corrected chi connectivity index (χ0v) is 19.3. The van der Waals surface area contributed by atoms with E-state index in [4.69, 9.17) is 21.9 Å². The first-order valence-electron chi connectivity index (χ1n) is 10.8. The number of aromatic nitrogens is 2. The molecule has 170 valence electrons. The molecule has 4 aromatic rings. The zero-order chi connectivity index (χ0) is 23.5. The van der Waals surface area contributed by atoms with Crippen LogP contribution in [0.2, 0.25) is 5.02 Å². The highest BCUT2D eigenvalue weighted by atomic mass is 35.5. The first-order valence-corrected chi connectivity index (χ1v) is 11.2. The van der Waals surface area contributed by atoms with E-state index in [0.29, 0.717) is 39.5 Å². The van der Waals surface area contributed by atoms with Gasteiger partial charge in [-0.1, -0.05) is 43.4 Å². The summed E-state index contributed by atoms with van der Waals surface area (Å²) in [6, 6.07) is 10.6. The Morgan fingerprint density at radius 3 is 2.73 bits per heavy atom. The van der Waals surface area contributed by atoms with E-state index in [1.807, 2.05) is 26.0 Å². The normalized spacial score (nSPS) is 12.3. The second-order valence-corrected chi connectivity index (χ2v) is 8.24. The maximum absolute atomic E-state index is 12.7. The molecule has 1 atom stereocenters. The Labute approximate surface area is 196 Å². The average Bonchev–Trinajstić information content (AvgIpc) is 3.11. The van der Waals surface area contributed by atoms with E-state index in [1.54, 1.807) is 30.5 Å². The molecule has 8 heteroatoms. The standard InChI is InChI=1S/C25H25ClN4O3/c1-3-29(4-2)14-19(31)15-30-25(32)21-10-6-16(11-23(21)33-30)5-9-20-22-12-18(26)8-7-17(22)13-28-24(20)27/h6-8,10-13,19,31H,3-4,14-15H2,1-2H3,(H2,27,28). The molecular formula is C25H25ClN4O3. The second-order valence-electron chi connectivity index (χ2n) is 7.81. The van der Waals surface area contributed by atoms with Gasteiger partial charge in [0, 0.05) is 34.1 Å². The number of rotatable bonds is 6. The van der Waals surface area contributed by atoms with Crippen molar-refractivity contribution in [2.45, 2.75) is 26.5 Å². The second kappa shape index (κ2) is 9.67. The van der Waals surface area contributed by atoms with E-state index >= 15 is 0 Å². The summed E-state index contributed by atoms with van der Waals surface area (Å²) in [7, 11) is 0. The maximum atomic E-state index is 12.7. The van der Waals surface area contributed by atoms with Gasteiger partial charge in [-0.25, -0.2) is 4.98 Å². The van der Waals surface area contributed by atoms with Gasteiger partial charge in [-0.3, -0.25) is 4.79 Å². The lowest BCUT2D eigenvalue weighted by atomic mass is 10.1. The van der Waals surface area contributed by atoms with E-state index < -0.39 is 6.10 Å². The van der Waals surface area contributed by atoms with Crippen molar-refractivity contribution in [3.05, 3.63) is 69.1 Å². The molecule has 0 aliphatic heterocycles. The Hall–Kier alpha value is -3.31. The van der Waals surface area contributed by atoms with E-state index in [9.17, 15) is 9.90 Å². The van der Waals surface area contributed by atoms with Crippen LogP contribution in [0, 0.1) is 11.8 Å². The molecule has 0 radical (unpaired) electrons. The summed E-state index contributed by atoms with van der Waals surface area (Å²) in [6.45, 7) is 6.27. The molecule has 2 heterocycles. The number of anilines is 1. The molecule has 0 bridgehead atoms. The van der Waals surface area contributed by atoms with Crippen LogP contribution in [0.25, 0.3) is 21.7 Å². The molecule has 0 aliphatic rings. The van der Waals surface area contributed by atoms with Crippen molar-refractivity contribution in [1.29, 1.82) is 0 Å². The van der Waals surface area contributed by atoms with Crippen LogP contribution in [0.5, 0.6) is 0 Å². The molecule has 1 unspecified atom stereocenters. The third-order valence-electron chi connectivity index (χ3n) is 5.60. The molecule has 3 N–H and O–H groups in total. The van der Waals surface area contributed by atoms with Crippen LogP contribution in [0.15, 0.2) is 51.9 Å². The van der Waals surface area contributed by atoms with Gasteiger partial charge in [0.15, 0.2) is 5.58 Å². The number of halogens is 1. The van der Waals surface area contributed by atoms with Gasteiger partial charge in [-0.15, -0.1) is 0 Å². The smallest absolute Gasteiger partial charge is 0.290 e. The lowest BCUT2D eigenvalue weighted by Gasteiger charge is -2.21. The highest BCUT2D eigenvalue weighted by Gasteiger charge is 2.15. The molecule has 0 spiro atoms. The molecule has 0 saturated carbocycles. The monoisotopic (exact) mass is 464 g/mol. The van der Waals surface area contributed by atoms with Gasteiger partial charge in [0.25, 0.3) is 5.56 Å². The predicted octanol–water partition coefficient (Wildman–Crippen LogP) is 3.48. The summed E-state index contributed by atoms with van der Waals surface area (Å²) < 4.78 is 6.92. The highest BCUT2D eigenvalue weighted by molar-refractivity contribution is 6.31. The van der Waals surface area contributed by atoms with E-state index in [1.165, 1.54) is 4.74 Å². The fourth-order valence-corrected chi connectivity index (χ4v) is 3.93. The van der Waals surface area contributed by atoms with Gasteiger partial charge >= 0.3 is 0 Å². The van der Waals surface area contributed by atoms with Gasteiger partial charge < -0.3 is 20.3 Å². The highest BCUT2D eigenvalue weighted by Crippen LogP contribution is 2.25. The van der Waals surface area contributed by atoms with E-state index in [2.05, 4.69) is 21.7 Å². The third kappa shape index (κ3) is 4.88. The molecule has 2 aromatic carbocycles. The summed E-state index contributed by atoms with van der Waals surface area (Å²) in [5.41, 5.74) is 7.45. The Bertz CT molecular complexity index is 1420. The zero-order valence-electron chi connectivity index (χ0n) is 18.5. The lowest BCUT2D eigenvalue weighted by molar-refractivity contribution is 0.0778. The van der Waals surface area contributed by atoms with Crippen molar-refractivity contribution in [2.75, 3.05) is 25.4 Å². The van der Waals surface area contributed by atoms with Crippen molar-refractivity contribution in [3.63, 3.8) is 0 Å². The van der Waals surface area contributed by atoms with Crippen LogP contribution in [0.1, 0.15) is 25.0 Å². The lowest BCUT2D eigenvalue weighted by Crippen LogP contribution is -2.35. The van der Waals surface area contributed by atoms with Crippen LogP contribution >= 0.6 is 11.6 Å². The summed E-state index contributed by atoms with van der Waals surface area (Å²) in [6.07, 6.45) is 0.973. The number of nitrogens with zero attached hydrogens (tertiary/aromatic N) is 3. The number of aliphatic hydroxyl groups excluding tert-OH is 1. The SMILES string of the molecule is CCN(CC)CC(O)Cn1oc2cc(C#Cc3c(N)ncc4ccc(Cl)cc34)ccc2c1=O. The Morgan fingerprint density at radius 1 is 1.18 bits per heavy atom. The molecule has 0 aliphatic carbocycles. The van der Waals surface area contributed by atoms with Crippen LogP contribution in [0.4, 0.5) is 5.82 Å².